The summed E-state index contributed by atoms with van der Waals surface area (Å²) >= 11 is 3.26. The van der Waals surface area contributed by atoms with Gasteiger partial charge in [0, 0.05) is 24.8 Å². The van der Waals surface area contributed by atoms with E-state index in [1.165, 1.54) is 24.6 Å². The fourth-order valence-corrected chi connectivity index (χ4v) is 5.33. The number of hydrogen-bond acceptors (Lipinski definition) is 6. The molecule has 1 aliphatic heterocycles. The average molecular weight is 461 g/mol. The lowest BCUT2D eigenvalue weighted by atomic mass is 10.1. The van der Waals surface area contributed by atoms with E-state index in [0.29, 0.717) is 11.8 Å². The molecule has 0 bridgehead atoms. The number of hydrogen-bond donors (Lipinski definition) is 0. The van der Waals surface area contributed by atoms with Crippen LogP contribution in [0.4, 0.5) is 15.8 Å². The van der Waals surface area contributed by atoms with Crippen molar-refractivity contribution in [2.75, 3.05) is 24.2 Å². The van der Waals surface area contributed by atoms with Crippen LogP contribution in [0.25, 0.3) is 0 Å². The predicted octanol–water partition coefficient (Wildman–Crippen LogP) is 6.84. The molecule has 0 aliphatic carbocycles. The third kappa shape index (κ3) is 5.84. The Kier molecular flexibility index (Phi) is 8.87. The van der Waals surface area contributed by atoms with Crippen molar-refractivity contribution in [2.24, 2.45) is 0 Å². The minimum absolute atomic E-state index is 0.144. The van der Waals surface area contributed by atoms with Crippen molar-refractivity contribution in [3.8, 4) is 5.75 Å². The molecular weight excluding hydrogens is 431 g/mol. The maximum atomic E-state index is 13.4. The molecule has 1 atom stereocenters. The molecular formula is C24H29FN2O2S2. The lowest BCUT2D eigenvalue weighted by molar-refractivity contribution is -0.106. The van der Waals surface area contributed by atoms with E-state index in [1.54, 1.807) is 11.9 Å². The number of rotatable bonds is 9. The molecule has 2 aromatic rings. The molecule has 166 valence electrons. The number of allylic oxidation sites excluding steroid dienone is 1. The number of halogens is 1. The number of likely N-dealkylation sites (N-methyl/N-ethyl adjacent to an activating group) is 1. The molecule has 7 heteroatoms. The van der Waals surface area contributed by atoms with Crippen LogP contribution in [0.5, 0.6) is 5.75 Å². The first kappa shape index (κ1) is 23.7. The van der Waals surface area contributed by atoms with E-state index in [4.69, 9.17) is 4.74 Å². The molecule has 31 heavy (non-hydrogen) atoms. The van der Waals surface area contributed by atoms with Gasteiger partial charge in [0.25, 0.3) is 0 Å². The van der Waals surface area contributed by atoms with E-state index in [9.17, 15) is 9.18 Å². The van der Waals surface area contributed by atoms with Gasteiger partial charge in [0.1, 0.15) is 12.0 Å². The van der Waals surface area contributed by atoms with E-state index >= 15 is 0 Å². The molecule has 1 unspecified atom stereocenters. The SMILES string of the molecule is CCCCC1CN(c2ccccc2)c2cc(SC)c(O/C=C(\F)C=O)cc2SN1CC. The van der Waals surface area contributed by atoms with Crippen LogP contribution < -0.4 is 9.64 Å². The second-order valence-corrected chi connectivity index (χ2v) is 9.22. The van der Waals surface area contributed by atoms with Crippen molar-refractivity contribution in [3.05, 3.63) is 54.6 Å². The second kappa shape index (κ2) is 11.6. The zero-order chi connectivity index (χ0) is 22.2. The number of unbranched alkanes of at least 4 members (excludes halogenated alkanes) is 1. The summed E-state index contributed by atoms with van der Waals surface area (Å²) in [6.45, 7) is 6.22. The van der Waals surface area contributed by atoms with Crippen molar-refractivity contribution < 1.29 is 13.9 Å². The molecule has 3 rings (SSSR count). The average Bonchev–Trinajstić information content (AvgIpc) is 2.97. The zero-order valence-corrected chi connectivity index (χ0v) is 19.8. The van der Waals surface area contributed by atoms with Gasteiger partial charge in [0.15, 0.2) is 12.1 Å². The maximum absolute atomic E-state index is 13.4. The molecule has 1 heterocycles. The van der Waals surface area contributed by atoms with E-state index < -0.39 is 5.83 Å². The van der Waals surface area contributed by atoms with Gasteiger partial charge in [0.2, 0.25) is 0 Å². The van der Waals surface area contributed by atoms with Crippen LogP contribution in [0.15, 0.2) is 64.3 Å². The van der Waals surface area contributed by atoms with Gasteiger partial charge in [-0.15, -0.1) is 11.8 Å². The molecule has 4 nitrogen and oxygen atoms in total. The number of fused-ring (bicyclic) bond motifs is 1. The quantitative estimate of drug-likeness (QED) is 0.134. The minimum Gasteiger partial charge on any atom is -0.461 e. The first-order valence-electron chi connectivity index (χ1n) is 10.6. The molecule has 1 aliphatic rings. The van der Waals surface area contributed by atoms with Crippen LogP contribution in [0.2, 0.25) is 0 Å². The van der Waals surface area contributed by atoms with Crippen molar-refractivity contribution in [1.29, 1.82) is 0 Å². The van der Waals surface area contributed by atoms with Crippen molar-refractivity contribution in [3.63, 3.8) is 0 Å². The number of nitrogens with zero attached hydrogens (tertiary/aromatic N) is 2. The van der Waals surface area contributed by atoms with E-state index in [2.05, 4.69) is 53.4 Å². The Morgan fingerprint density at radius 1 is 1.29 bits per heavy atom. The largest absolute Gasteiger partial charge is 0.461 e. The molecule has 0 spiro atoms. The molecule has 0 radical (unpaired) electrons. The fraction of sp³-hybridized carbons (Fsp3) is 0.375. The van der Waals surface area contributed by atoms with Crippen LogP contribution in [0, 0.1) is 0 Å². The van der Waals surface area contributed by atoms with Crippen molar-refractivity contribution in [1.82, 2.24) is 4.31 Å². The third-order valence-corrected chi connectivity index (χ3v) is 7.31. The number of thioether (sulfide) groups is 1. The highest BCUT2D eigenvalue weighted by Gasteiger charge is 2.29. The molecule has 2 aromatic carbocycles. The number of para-hydroxylation sites is 1. The molecule has 0 aromatic heterocycles. The van der Waals surface area contributed by atoms with Crippen LogP contribution in [-0.2, 0) is 4.79 Å². The van der Waals surface area contributed by atoms with Gasteiger partial charge in [-0.05, 0) is 48.9 Å². The van der Waals surface area contributed by atoms with E-state index in [0.717, 1.165) is 46.9 Å². The molecule has 0 fully saturated rings. The van der Waals surface area contributed by atoms with E-state index in [1.807, 2.05) is 18.4 Å². The number of ether oxygens (including phenoxy) is 1. The van der Waals surface area contributed by atoms with Crippen molar-refractivity contribution >= 4 is 41.4 Å². The summed E-state index contributed by atoms with van der Waals surface area (Å²) in [4.78, 5) is 14.9. The van der Waals surface area contributed by atoms with Gasteiger partial charge in [-0.25, -0.2) is 4.31 Å². The minimum atomic E-state index is -0.935. The predicted molar refractivity (Wildman–Crippen MR) is 129 cm³/mol. The van der Waals surface area contributed by atoms with Crippen molar-refractivity contribution in [2.45, 2.75) is 48.9 Å². The van der Waals surface area contributed by atoms with Gasteiger partial charge >= 0.3 is 0 Å². The summed E-state index contributed by atoms with van der Waals surface area (Å²) in [6, 6.07) is 14.9. The summed E-state index contributed by atoms with van der Waals surface area (Å²) < 4.78 is 21.3. The molecule has 0 saturated heterocycles. The Morgan fingerprint density at radius 2 is 2.06 bits per heavy atom. The summed E-state index contributed by atoms with van der Waals surface area (Å²) in [5, 5.41) is 0. The number of anilines is 2. The molecule has 0 amide bonds. The smallest absolute Gasteiger partial charge is 0.197 e. The van der Waals surface area contributed by atoms with Crippen LogP contribution in [0.3, 0.4) is 0 Å². The van der Waals surface area contributed by atoms with Gasteiger partial charge in [0.05, 0.1) is 15.5 Å². The highest BCUT2D eigenvalue weighted by molar-refractivity contribution is 7.98. The highest BCUT2D eigenvalue weighted by atomic mass is 32.2. The van der Waals surface area contributed by atoms with Crippen LogP contribution in [-0.4, -0.2) is 36.0 Å². The number of carbonyl (C=O) groups excluding carboxylic acids is 1. The topological polar surface area (TPSA) is 32.8 Å². The van der Waals surface area contributed by atoms with Crippen LogP contribution >= 0.6 is 23.7 Å². The molecule has 0 saturated carbocycles. The summed E-state index contributed by atoms with van der Waals surface area (Å²) in [5.41, 5.74) is 2.27. The Labute approximate surface area is 193 Å². The Balaban J connectivity index is 2.09. The van der Waals surface area contributed by atoms with Gasteiger partial charge in [-0.1, -0.05) is 44.9 Å². The zero-order valence-electron chi connectivity index (χ0n) is 18.2. The lowest BCUT2D eigenvalue weighted by Gasteiger charge is -2.31. The van der Waals surface area contributed by atoms with Crippen LogP contribution in [0.1, 0.15) is 33.1 Å². The third-order valence-electron chi connectivity index (χ3n) is 5.23. The fourth-order valence-electron chi connectivity index (χ4n) is 3.67. The maximum Gasteiger partial charge on any atom is 0.197 e. The van der Waals surface area contributed by atoms with Gasteiger partial charge in [-0.2, -0.15) is 4.39 Å². The Morgan fingerprint density at radius 3 is 2.71 bits per heavy atom. The van der Waals surface area contributed by atoms with Gasteiger partial charge in [-0.3, -0.25) is 4.79 Å². The molecule has 0 N–H and O–H groups in total. The summed E-state index contributed by atoms with van der Waals surface area (Å²) in [7, 11) is 0. The first-order chi connectivity index (χ1) is 15.1. The highest BCUT2D eigenvalue weighted by Crippen LogP contribution is 2.46. The monoisotopic (exact) mass is 460 g/mol. The first-order valence-corrected chi connectivity index (χ1v) is 12.6. The summed E-state index contributed by atoms with van der Waals surface area (Å²) in [5.74, 6) is -0.387. The normalized spacial score (nSPS) is 17.2. The van der Waals surface area contributed by atoms with Gasteiger partial charge < -0.3 is 9.64 Å². The standard InChI is InChI=1S/C24H29FN2O2S2/c1-4-6-10-20-15-26(19-11-8-7-9-12-19)21-13-24(30-3)22(29-17-18(25)16-28)14-23(21)31-27(20)5-2/h7-9,11-14,16-17,20H,4-6,10,15H2,1-3H3/b18-17-. The number of carbonyl (C=O) groups is 1. The summed E-state index contributed by atoms with van der Waals surface area (Å²) in [6.07, 6.45) is 6.45. The Hall–Kier alpha value is -1.96. The number of aldehydes is 1. The number of benzene rings is 2. The lowest BCUT2D eigenvalue weighted by Crippen LogP contribution is -2.37. The Bertz CT molecular complexity index is 908. The van der Waals surface area contributed by atoms with E-state index in [-0.39, 0.29) is 6.29 Å². The second-order valence-electron chi connectivity index (χ2n) is 7.28.